The van der Waals surface area contributed by atoms with Gasteiger partial charge in [0.25, 0.3) is 0 Å². The second-order valence-electron chi connectivity index (χ2n) is 7.42. The molecule has 0 spiro atoms. The van der Waals surface area contributed by atoms with Crippen LogP contribution < -0.4 is 9.62 Å². The Labute approximate surface area is 190 Å². The lowest BCUT2D eigenvalue weighted by Crippen LogP contribution is -2.50. The third kappa shape index (κ3) is 3.42. The first kappa shape index (κ1) is 21.3. The molecule has 5 heteroatoms. The molecule has 0 saturated carbocycles. The summed E-state index contributed by atoms with van der Waals surface area (Å²) in [5.74, 6) is 0.912. The normalized spacial score (nSPS) is 18.6. The van der Waals surface area contributed by atoms with Gasteiger partial charge in [-0.2, -0.15) is 0 Å². The minimum Gasteiger partial charge on any atom is -0.508 e. The number of hydrogen-bond donors (Lipinski definition) is 1. The number of aliphatic hydroxyl groups is 1. The van der Waals surface area contributed by atoms with E-state index in [1.54, 1.807) is 12.3 Å². The van der Waals surface area contributed by atoms with Crippen LogP contribution in [-0.2, 0) is 0 Å². The summed E-state index contributed by atoms with van der Waals surface area (Å²) >= 11 is 0. The Hall–Kier alpha value is -3.99. The van der Waals surface area contributed by atoms with Crippen molar-refractivity contribution in [1.29, 1.82) is 0 Å². The van der Waals surface area contributed by atoms with Crippen molar-refractivity contribution in [2.75, 3.05) is 9.62 Å². The molecule has 0 bridgehead atoms. The largest absolute Gasteiger partial charge is 0.508 e. The van der Waals surface area contributed by atoms with Gasteiger partial charge in [-0.05, 0) is 55.2 Å². The number of rotatable bonds is 5. The second-order valence-corrected chi connectivity index (χ2v) is 7.42. The minimum atomic E-state index is -0.183. The highest BCUT2D eigenvalue weighted by atomic mass is 16.3. The standard InChI is InChI=1S/C27H26BN3O/c1-5-9-16-24-22(7-3)23(8-4)26(19-21(32)6-2)31-27-25(17-13-18-29-27)30(28(24)31)20-14-11-10-12-15-20/h5-19,32H,2,4H2,1,3H3/b9-5-,21-19+,22-7-,24-16+. The first-order chi connectivity index (χ1) is 15.7. The van der Waals surface area contributed by atoms with Crippen LogP contribution in [0.1, 0.15) is 13.8 Å². The lowest BCUT2D eigenvalue weighted by atomic mass is 9.57. The van der Waals surface area contributed by atoms with E-state index >= 15 is 0 Å². The first-order valence-corrected chi connectivity index (χ1v) is 10.6. The topological polar surface area (TPSA) is 39.6 Å². The summed E-state index contributed by atoms with van der Waals surface area (Å²) in [6.07, 6.45) is 15.1. The van der Waals surface area contributed by atoms with Crippen LogP contribution in [0, 0.1) is 0 Å². The maximum atomic E-state index is 10.4. The van der Waals surface area contributed by atoms with Gasteiger partial charge in [0.05, 0.1) is 5.69 Å². The van der Waals surface area contributed by atoms with E-state index in [0.29, 0.717) is 0 Å². The van der Waals surface area contributed by atoms with E-state index in [-0.39, 0.29) is 12.7 Å². The molecule has 0 unspecified atom stereocenters. The van der Waals surface area contributed by atoms with Crippen LogP contribution >= 0.6 is 0 Å². The van der Waals surface area contributed by atoms with Crippen molar-refractivity contribution in [1.82, 2.24) is 4.98 Å². The highest BCUT2D eigenvalue weighted by molar-refractivity contribution is 6.80. The molecule has 0 amide bonds. The van der Waals surface area contributed by atoms with Crippen LogP contribution in [0.2, 0.25) is 0 Å². The van der Waals surface area contributed by atoms with Gasteiger partial charge in [-0.25, -0.2) is 4.98 Å². The van der Waals surface area contributed by atoms with Crippen LogP contribution in [0.4, 0.5) is 17.2 Å². The van der Waals surface area contributed by atoms with Crippen molar-refractivity contribution in [3.05, 3.63) is 132 Å². The lowest BCUT2D eigenvalue weighted by Gasteiger charge is -2.37. The Balaban J connectivity index is 2.10. The molecule has 4 rings (SSSR count). The van der Waals surface area contributed by atoms with Crippen molar-refractivity contribution in [2.45, 2.75) is 13.8 Å². The maximum absolute atomic E-state index is 10.4. The van der Waals surface area contributed by atoms with Gasteiger partial charge >= 0.3 is 6.98 Å². The highest BCUT2D eigenvalue weighted by Gasteiger charge is 2.50. The molecule has 1 aromatic carbocycles. The summed E-state index contributed by atoms with van der Waals surface area (Å²) in [4.78, 5) is 9.21. The zero-order chi connectivity index (χ0) is 22.7. The SMILES string of the molecule is C=CC1=C(/C=C(/O)C=C)N2B(C(=C/C=C\C)/C1=C\C)N(c1ccccc1)c1cccnc12. The number of nitrogens with zero attached hydrogens (tertiary/aromatic N) is 3. The maximum Gasteiger partial charge on any atom is 0.422 e. The molecule has 2 aromatic rings. The molecule has 0 saturated heterocycles. The Kier molecular flexibility index (Phi) is 5.99. The molecular weight excluding hydrogens is 393 g/mol. The second kappa shape index (κ2) is 9.02. The summed E-state index contributed by atoms with van der Waals surface area (Å²) in [5.41, 5.74) is 6.01. The van der Waals surface area contributed by atoms with Crippen LogP contribution in [-0.4, -0.2) is 17.1 Å². The van der Waals surface area contributed by atoms with Gasteiger partial charge < -0.3 is 14.7 Å². The molecule has 2 aliphatic heterocycles. The van der Waals surface area contributed by atoms with Gasteiger partial charge in [0, 0.05) is 29.2 Å². The average molecular weight is 419 g/mol. The Bertz CT molecular complexity index is 1200. The number of hydrogen-bond acceptors (Lipinski definition) is 4. The quantitative estimate of drug-likeness (QED) is 0.337. The van der Waals surface area contributed by atoms with E-state index in [4.69, 9.17) is 4.98 Å². The van der Waals surface area contributed by atoms with Gasteiger partial charge in [0.1, 0.15) is 11.6 Å². The molecule has 1 aromatic heterocycles. The lowest BCUT2D eigenvalue weighted by molar-refractivity contribution is 0.432. The fourth-order valence-corrected chi connectivity index (χ4v) is 4.34. The summed E-state index contributed by atoms with van der Waals surface area (Å²) in [6.45, 7) is 11.7. The number of fused-ring (bicyclic) bond motifs is 3. The monoisotopic (exact) mass is 419 g/mol. The zero-order valence-corrected chi connectivity index (χ0v) is 18.4. The highest BCUT2D eigenvalue weighted by Crippen LogP contribution is 2.50. The predicted molar refractivity (Wildman–Crippen MR) is 136 cm³/mol. The van der Waals surface area contributed by atoms with E-state index < -0.39 is 0 Å². The zero-order valence-electron chi connectivity index (χ0n) is 18.4. The number of anilines is 3. The molecule has 0 radical (unpaired) electrons. The van der Waals surface area contributed by atoms with E-state index in [2.05, 4.69) is 59.2 Å². The number of para-hydroxylation sites is 1. The Morgan fingerprint density at radius 1 is 1.06 bits per heavy atom. The van der Waals surface area contributed by atoms with Gasteiger partial charge in [-0.15, -0.1) is 0 Å². The minimum absolute atomic E-state index is 0.0880. The fraction of sp³-hybridized carbons (Fsp3) is 0.0741. The van der Waals surface area contributed by atoms with Crippen molar-refractivity contribution < 1.29 is 5.11 Å². The van der Waals surface area contributed by atoms with E-state index in [9.17, 15) is 5.11 Å². The van der Waals surface area contributed by atoms with Gasteiger partial charge in [0.2, 0.25) is 0 Å². The molecule has 1 N–H and O–H groups in total. The third-order valence-electron chi connectivity index (χ3n) is 5.65. The van der Waals surface area contributed by atoms with E-state index in [0.717, 1.165) is 39.5 Å². The molecule has 2 aliphatic rings. The molecular formula is C27H26BN3O. The summed E-state index contributed by atoms with van der Waals surface area (Å²) in [6, 6.07) is 14.3. The van der Waals surface area contributed by atoms with Crippen molar-refractivity contribution in [3.63, 3.8) is 0 Å². The Morgan fingerprint density at radius 3 is 2.50 bits per heavy atom. The smallest absolute Gasteiger partial charge is 0.422 e. The van der Waals surface area contributed by atoms with E-state index in [1.807, 2.05) is 50.3 Å². The summed E-state index contributed by atoms with van der Waals surface area (Å²) in [7, 11) is 0. The summed E-state index contributed by atoms with van der Waals surface area (Å²) in [5, 5.41) is 10.4. The molecule has 4 nitrogen and oxygen atoms in total. The predicted octanol–water partition coefficient (Wildman–Crippen LogP) is 6.60. The number of allylic oxidation sites excluding steroid dienone is 10. The first-order valence-electron chi connectivity index (χ1n) is 10.6. The number of benzene rings is 1. The van der Waals surface area contributed by atoms with Crippen LogP contribution in [0.3, 0.4) is 0 Å². The van der Waals surface area contributed by atoms with Crippen LogP contribution in [0.5, 0.6) is 0 Å². The Morgan fingerprint density at radius 2 is 1.84 bits per heavy atom. The molecule has 0 fully saturated rings. The molecule has 3 heterocycles. The van der Waals surface area contributed by atoms with Gasteiger partial charge in [-0.1, -0.05) is 61.7 Å². The summed E-state index contributed by atoms with van der Waals surface area (Å²) < 4.78 is 0. The molecule has 0 aliphatic carbocycles. The van der Waals surface area contributed by atoms with Gasteiger partial charge in [0.15, 0.2) is 0 Å². The number of pyridine rings is 1. The van der Waals surface area contributed by atoms with Crippen LogP contribution in [0.25, 0.3) is 0 Å². The van der Waals surface area contributed by atoms with Gasteiger partial charge in [-0.3, -0.25) is 0 Å². The van der Waals surface area contributed by atoms with Crippen molar-refractivity contribution in [2.24, 2.45) is 0 Å². The average Bonchev–Trinajstić information content (AvgIpc) is 3.18. The molecule has 32 heavy (non-hydrogen) atoms. The third-order valence-corrected chi connectivity index (χ3v) is 5.65. The fourth-order valence-electron chi connectivity index (χ4n) is 4.34. The van der Waals surface area contributed by atoms with E-state index in [1.165, 1.54) is 6.08 Å². The van der Waals surface area contributed by atoms with Crippen molar-refractivity contribution >= 4 is 24.2 Å². The van der Waals surface area contributed by atoms with Crippen molar-refractivity contribution in [3.8, 4) is 0 Å². The molecule has 0 atom stereocenters. The van der Waals surface area contributed by atoms with Crippen LogP contribution in [0.15, 0.2) is 132 Å². The number of aliphatic hydroxyl groups excluding tert-OH is 1. The number of aromatic nitrogens is 1. The molecule has 158 valence electrons.